The van der Waals surface area contributed by atoms with Crippen LogP contribution in [-0.2, 0) is 4.79 Å². The van der Waals surface area contributed by atoms with E-state index in [1.807, 2.05) is 0 Å². The van der Waals surface area contributed by atoms with E-state index < -0.39 is 0 Å². The van der Waals surface area contributed by atoms with Crippen LogP contribution in [0.2, 0.25) is 0 Å². The van der Waals surface area contributed by atoms with Crippen LogP contribution in [0.3, 0.4) is 0 Å². The molecule has 1 spiro atoms. The molecule has 2 heteroatoms. The summed E-state index contributed by atoms with van der Waals surface area (Å²) in [6.45, 7) is 0. The number of aldehydes is 1. The zero-order valence-corrected chi connectivity index (χ0v) is 10.3. The molecular weight excluding hydrogens is 240 g/mol. The maximum atomic E-state index is 10.7. The Labute approximate surface area is 94.8 Å². The van der Waals surface area contributed by atoms with Crippen molar-refractivity contribution in [3.63, 3.8) is 0 Å². The van der Waals surface area contributed by atoms with Gasteiger partial charge in [-0.1, -0.05) is 28.8 Å². The van der Waals surface area contributed by atoms with Crippen LogP contribution in [0.5, 0.6) is 0 Å². The molecule has 0 radical (unpaired) electrons. The van der Waals surface area contributed by atoms with Gasteiger partial charge in [-0.2, -0.15) is 0 Å². The summed E-state index contributed by atoms with van der Waals surface area (Å²) in [4.78, 5) is 10.8. The maximum Gasteiger partial charge on any atom is 0.133 e. The predicted molar refractivity (Wildman–Crippen MR) is 61.6 cm³/mol. The Morgan fingerprint density at radius 2 is 1.71 bits per heavy atom. The SMILES string of the molecule is O=CC(Br)C1CCC2(CCCC2)CC1. The molecule has 2 saturated carbocycles. The highest BCUT2D eigenvalue weighted by atomic mass is 79.9. The Balaban J connectivity index is 1.88. The number of carbonyl (C=O) groups excluding carboxylic acids is 1. The average molecular weight is 259 g/mol. The first-order valence-corrected chi connectivity index (χ1v) is 6.77. The quantitative estimate of drug-likeness (QED) is 0.546. The van der Waals surface area contributed by atoms with Gasteiger partial charge in [0.15, 0.2) is 0 Å². The number of carbonyl (C=O) groups is 1. The van der Waals surface area contributed by atoms with Crippen LogP contribution >= 0.6 is 15.9 Å². The molecule has 0 aromatic carbocycles. The summed E-state index contributed by atoms with van der Waals surface area (Å²) in [7, 11) is 0. The fourth-order valence-electron chi connectivity index (χ4n) is 3.31. The fourth-order valence-corrected chi connectivity index (χ4v) is 3.84. The largest absolute Gasteiger partial charge is 0.302 e. The van der Waals surface area contributed by atoms with Crippen molar-refractivity contribution in [1.82, 2.24) is 0 Å². The molecule has 1 unspecified atom stereocenters. The van der Waals surface area contributed by atoms with Gasteiger partial charge < -0.3 is 4.79 Å². The van der Waals surface area contributed by atoms with Gasteiger partial charge in [-0.15, -0.1) is 0 Å². The minimum atomic E-state index is 0.112. The van der Waals surface area contributed by atoms with Gasteiger partial charge in [0.1, 0.15) is 6.29 Å². The minimum Gasteiger partial charge on any atom is -0.302 e. The van der Waals surface area contributed by atoms with E-state index >= 15 is 0 Å². The van der Waals surface area contributed by atoms with Crippen LogP contribution in [-0.4, -0.2) is 11.1 Å². The smallest absolute Gasteiger partial charge is 0.133 e. The number of alkyl halides is 1. The van der Waals surface area contributed by atoms with Crippen molar-refractivity contribution in [3.05, 3.63) is 0 Å². The van der Waals surface area contributed by atoms with Crippen molar-refractivity contribution < 1.29 is 4.79 Å². The number of halogens is 1. The highest BCUT2D eigenvalue weighted by Crippen LogP contribution is 2.51. The van der Waals surface area contributed by atoms with E-state index in [1.165, 1.54) is 51.4 Å². The molecule has 1 atom stereocenters. The lowest BCUT2D eigenvalue weighted by atomic mass is 9.69. The molecule has 2 rings (SSSR count). The summed E-state index contributed by atoms with van der Waals surface area (Å²) >= 11 is 3.47. The Morgan fingerprint density at radius 1 is 1.14 bits per heavy atom. The second-order valence-corrected chi connectivity index (χ2v) is 6.18. The fraction of sp³-hybridized carbons (Fsp3) is 0.917. The third-order valence-corrected chi connectivity index (χ3v) is 5.30. The molecule has 2 fully saturated rings. The van der Waals surface area contributed by atoms with Gasteiger partial charge in [-0.3, -0.25) is 0 Å². The molecule has 14 heavy (non-hydrogen) atoms. The van der Waals surface area contributed by atoms with Crippen LogP contribution in [0.1, 0.15) is 51.4 Å². The third kappa shape index (κ3) is 2.05. The molecule has 0 heterocycles. The molecule has 2 aliphatic rings. The Bertz CT molecular complexity index is 198. The van der Waals surface area contributed by atoms with Crippen molar-refractivity contribution in [2.45, 2.75) is 56.2 Å². The lowest BCUT2D eigenvalue weighted by molar-refractivity contribution is -0.108. The van der Waals surface area contributed by atoms with Crippen LogP contribution in [0.4, 0.5) is 0 Å². The van der Waals surface area contributed by atoms with Crippen molar-refractivity contribution >= 4 is 22.2 Å². The number of rotatable bonds is 2. The second-order valence-electron chi connectivity index (χ2n) is 5.13. The molecule has 0 saturated heterocycles. The molecule has 0 N–H and O–H groups in total. The first-order chi connectivity index (χ1) is 6.76. The molecule has 0 aromatic heterocycles. The van der Waals surface area contributed by atoms with E-state index in [9.17, 15) is 4.79 Å². The van der Waals surface area contributed by atoms with Gasteiger partial charge in [0.05, 0.1) is 4.83 Å². The van der Waals surface area contributed by atoms with Crippen LogP contribution in [0, 0.1) is 11.3 Å². The summed E-state index contributed by atoms with van der Waals surface area (Å²) in [5, 5.41) is 0. The first kappa shape index (κ1) is 10.7. The highest BCUT2D eigenvalue weighted by Gasteiger charge is 2.38. The normalized spacial score (nSPS) is 29.2. The maximum absolute atomic E-state index is 10.7. The monoisotopic (exact) mass is 258 g/mol. The molecule has 0 amide bonds. The molecule has 1 nitrogen and oxygen atoms in total. The van der Waals surface area contributed by atoms with Gasteiger partial charge >= 0.3 is 0 Å². The second kappa shape index (κ2) is 4.34. The molecule has 2 aliphatic carbocycles. The Hall–Kier alpha value is 0.150. The third-order valence-electron chi connectivity index (χ3n) is 4.34. The molecule has 0 aliphatic heterocycles. The lowest BCUT2D eigenvalue weighted by Crippen LogP contribution is -2.28. The predicted octanol–water partition coefficient (Wildman–Crippen LogP) is 3.70. The van der Waals surface area contributed by atoms with Crippen molar-refractivity contribution in [3.8, 4) is 0 Å². The number of hydrogen-bond donors (Lipinski definition) is 0. The van der Waals surface area contributed by atoms with Crippen molar-refractivity contribution in [2.75, 3.05) is 0 Å². The van der Waals surface area contributed by atoms with E-state index in [0.717, 1.165) is 6.29 Å². The van der Waals surface area contributed by atoms with Crippen LogP contribution in [0.15, 0.2) is 0 Å². The summed E-state index contributed by atoms with van der Waals surface area (Å²) in [5.74, 6) is 0.610. The Kier molecular flexibility index (Phi) is 3.30. The Morgan fingerprint density at radius 3 is 2.21 bits per heavy atom. The van der Waals surface area contributed by atoms with Gasteiger partial charge in [0.2, 0.25) is 0 Å². The standard InChI is InChI=1S/C12H19BrO/c13-11(9-14)10-3-7-12(8-4-10)5-1-2-6-12/h9-11H,1-8H2. The highest BCUT2D eigenvalue weighted by molar-refractivity contribution is 9.09. The van der Waals surface area contributed by atoms with Crippen molar-refractivity contribution in [1.29, 1.82) is 0 Å². The van der Waals surface area contributed by atoms with E-state index in [2.05, 4.69) is 15.9 Å². The zero-order chi connectivity index (χ0) is 10.0. The van der Waals surface area contributed by atoms with Crippen molar-refractivity contribution in [2.24, 2.45) is 11.3 Å². The van der Waals surface area contributed by atoms with E-state index in [0.29, 0.717) is 11.3 Å². The molecule has 0 aromatic rings. The minimum absolute atomic E-state index is 0.112. The first-order valence-electron chi connectivity index (χ1n) is 5.85. The lowest BCUT2D eigenvalue weighted by Gasteiger charge is -2.37. The summed E-state index contributed by atoms with van der Waals surface area (Å²) in [6.07, 6.45) is 12.1. The van der Waals surface area contributed by atoms with Crippen LogP contribution < -0.4 is 0 Å². The van der Waals surface area contributed by atoms with E-state index in [4.69, 9.17) is 0 Å². The topological polar surface area (TPSA) is 17.1 Å². The molecule has 80 valence electrons. The van der Waals surface area contributed by atoms with E-state index in [-0.39, 0.29) is 4.83 Å². The van der Waals surface area contributed by atoms with Gasteiger partial charge in [-0.05, 0) is 49.9 Å². The molecule has 0 bridgehead atoms. The summed E-state index contributed by atoms with van der Waals surface area (Å²) in [5.41, 5.74) is 0.701. The van der Waals surface area contributed by atoms with Gasteiger partial charge in [0.25, 0.3) is 0 Å². The number of hydrogen-bond acceptors (Lipinski definition) is 1. The zero-order valence-electron chi connectivity index (χ0n) is 8.68. The van der Waals surface area contributed by atoms with Gasteiger partial charge in [0, 0.05) is 0 Å². The van der Waals surface area contributed by atoms with Crippen LogP contribution in [0.25, 0.3) is 0 Å². The average Bonchev–Trinajstić information content (AvgIpc) is 2.67. The summed E-state index contributed by atoms with van der Waals surface area (Å²) < 4.78 is 0. The molecular formula is C12H19BrO. The van der Waals surface area contributed by atoms with E-state index in [1.54, 1.807) is 0 Å². The van der Waals surface area contributed by atoms with Gasteiger partial charge in [-0.25, -0.2) is 0 Å². The summed E-state index contributed by atoms with van der Waals surface area (Å²) in [6, 6.07) is 0.